The fraction of sp³-hybridized carbons (Fsp3) is 1.00. The molecule has 1 N–H and O–H groups in total. The van der Waals surface area contributed by atoms with Gasteiger partial charge in [-0.25, -0.2) is 4.39 Å². The quantitative estimate of drug-likeness (QED) is 0.591. The van der Waals surface area contributed by atoms with E-state index in [-0.39, 0.29) is 0 Å². The van der Waals surface area contributed by atoms with Crippen molar-refractivity contribution < 1.29 is 4.39 Å². The summed E-state index contributed by atoms with van der Waals surface area (Å²) in [5.41, 5.74) is 0. The molecule has 2 heteroatoms. The maximum Gasteiger partial charge on any atom is 0.116 e. The SMILES string of the molecule is CC(C)[C@@H]1CCNC[C@@H]1F. The highest BCUT2D eigenvalue weighted by atomic mass is 19.1. The molecule has 1 aliphatic rings. The lowest BCUT2D eigenvalue weighted by molar-refractivity contribution is 0.140. The van der Waals surface area contributed by atoms with Crippen molar-refractivity contribution in [2.75, 3.05) is 13.1 Å². The lowest BCUT2D eigenvalue weighted by Gasteiger charge is -2.29. The Morgan fingerprint density at radius 3 is 2.60 bits per heavy atom. The minimum absolute atomic E-state index is 0.293. The van der Waals surface area contributed by atoms with E-state index in [0.717, 1.165) is 13.0 Å². The van der Waals surface area contributed by atoms with Gasteiger partial charge in [-0.2, -0.15) is 0 Å². The largest absolute Gasteiger partial charge is 0.314 e. The van der Waals surface area contributed by atoms with Gasteiger partial charge in [0.2, 0.25) is 0 Å². The van der Waals surface area contributed by atoms with Crippen LogP contribution in [0.5, 0.6) is 0 Å². The summed E-state index contributed by atoms with van der Waals surface area (Å²) in [6.07, 6.45) is 0.382. The molecule has 2 atom stereocenters. The van der Waals surface area contributed by atoms with E-state index in [1.807, 2.05) is 0 Å². The molecule has 0 bridgehead atoms. The van der Waals surface area contributed by atoms with Crippen LogP contribution in [-0.2, 0) is 0 Å². The van der Waals surface area contributed by atoms with E-state index in [4.69, 9.17) is 0 Å². The van der Waals surface area contributed by atoms with Crippen LogP contribution >= 0.6 is 0 Å². The lowest BCUT2D eigenvalue weighted by atomic mass is 9.86. The summed E-state index contributed by atoms with van der Waals surface area (Å²) in [6, 6.07) is 0. The monoisotopic (exact) mass is 145 g/mol. The molecule has 0 saturated carbocycles. The van der Waals surface area contributed by atoms with Crippen molar-refractivity contribution in [1.29, 1.82) is 0 Å². The third-order valence-corrected chi connectivity index (χ3v) is 2.31. The maximum absolute atomic E-state index is 13.0. The normalized spacial score (nSPS) is 34.8. The van der Waals surface area contributed by atoms with E-state index in [1.165, 1.54) is 0 Å². The Labute approximate surface area is 62.0 Å². The van der Waals surface area contributed by atoms with Gasteiger partial charge >= 0.3 is 0 Å². The van der Waals surface area contributed by atoms with Gasteiger partial charge in [-0.05, 0) is 24.8 Å². The van der Waals surface area contributed by atoms with Crippen LogP contribution in [0.4, 0.5) is 4.39 Å². The third kappa shape index (κ3) is 1.69. The molecule has 0 aromatic rings. The predicted molar refractivity (Wildman–Crippen MR) is 40.7 cm³/mol. The average Bonchev–Trinajstić information content (AvgIpc) is 1.88. The molecule has 0 unspecified atom stereocenters. The molecule has 0 spiro atoms. The Morgan fingerprint density at radius 2 is 2.20 bits per heavy atom. The summed E-state index contributed by atoms with van der Waals surface area (Å²) in [4.78, 5) is 0. The van der Waals surface area contributed by atoms with E-state index in [0.29, 0.717) is 18.4 Å². The molecule has 0 aromatic heterocycles. The Balaban J connectivity index is 2.40. The fourth-order valence-electron chi connectivity index (χ4n) is 1.59. The number of piperidine rings is 1. The van der Waals surface area contributed by atoms with Gasteiger partial charge in [0.15, 0.2) is 0 Å². The molecule has 0 amide bonds. The van der Waals surface area contributed by atoms with Gasteiger partial charge in [0.05, 0.1) is 0 Å². The zero-order valence-corrected chi connectivity index (χ0v) is 6.73. The molecule has 0 radical (unpaired) electrons. The first-order valence-corrected chi connectivity index (χ1v) is 4.06. The van der Waals surface area contributed by atoms with Crippen LogP contribution in [0.15, 0.2) is 0 Å². The summed E-state index contributed by atoms with van der Waals surface area (Å²) >= 11 is 0. The smallest absolute Gasteiger partial charge is 0.116 e. The summed E-state index contributed by atoms with van der Waals surface area (Å²) in [5.74, 6) is 0.790. The van der Waals surface area contributed by atoms with Gasteiger partial charge in [0.25, 0.3) is 0 Å². The minimum atomic E-state index is -0.617. The summed E-state index contributed by atoms with van der Waals surface area (Å²) in [7, 11) is 0. The molecule has 1 saturated heterocycles. The Kier molecular flexibility index (Phi) is 2.66. The number of halogens is 1. The van der Waals surface area contributed by atoms with Crippen molar-refractivity contribution in [3.63, 3.8) is 0 Å². The zero-order chi connectivity index (χ0) is 7.56. The first-order valence-electron chi connectivity index (χ1n) is 4.06. The number of nitrogens with one attached hydrogen (secondary N) is 1. The number of hydrogen-bond donors (Lipinski definition) is 1. The summed E-state index contributed by atoms with van der Waals surface area (Å²) in [5, 5.41) is 3.04. The molecule has 1 fully saturated rings. The Hall–Kier alpha value is -0.110. The molecule has 0 aliphatic carbocycles. The van der Waals surface area contributed by atoms with Crippen LogP contribution in [0.1, 0.15) is 20.3 Å². The standard InChI is InChI=1S/C8H16FN/c1-6(2)7-3-4-10-5-8(7)9/h6-8,10H,3-5H2,1-2H3/t7-,8-/m0/s1. The second-order valence-corrected chi connectivity index (χ2v) is 3.42. The van der Waals surface area contributed by atoms with E-state index in [9.17, 15) is 4.39 Å². The van der Waals surface area contributed by atoms with Crippen LogP contribution < -0.4 is 5.32 Å². The van der Waals surface area contributed by atoms with Crippen molar-refractivity contribution in [3.8, 4) is 0 Å². The number of alkyl halides is 1. The van der Waals surface area contributed by atoms with E-state index >= 15 is 0 Å². The maximum atomic E-state index is 13.0. The molecule has 0 aromatic carbocycles. The van der Waals surface area contributed by atoms with Crippen molar-refractivity contribution >= 4 is 0 Å². The second-order valence-electron chi connectivity index (χ2n) is 3.42. The molecule has 1 aliphatic heterocycles. The van der Waals surface area contributed by atoms with Crippen molar-refractivity contribution in [2.24, 2.45) is 11.8 Å². The van der Waals surface area contributed by atoms with Gasteiger partial charge in [0, 0.05) is 6.54 Å². The molecular weight excluding hydrogens is 129 g/mol. The van der Waals surface area contributed by atoms with Gasteiger partial charge < -0.3 is 5.32 Å². The van der Waals surface area contributed by atoms with Crippen molar-refractivity contribution in [1.82, 2.24) is 5.32 Å². The van der Waals surface area contributed by atoms with Crippen LogP contribution in [0, 0.1) is 11.8 Å². The highest BCUT2D eigenvalue weighted by molar-refractivity contribution is 4.79. The topological polar surface area (TPSA) is 12.0 Å². The van der Waals surface area contributed by atoms with Crippen molar-refractivity contribution in [3.05, 3.63) is 0 Å². The molecule has 10 heavy (non-hydrogen) atoms. The number of rotatable bonds is 1. The Bertz CT molecular complexity index is 103. The average molecular weight is 145 g/mol. The molecular formula is C8H16FN. The van der Waals surface area contributed by atoms with Gasteiger partial charge in [-0.15, -0.1) is 0 Å². The van der Waals surface area contributed by atoms with Crippen molar-refractivity contribution in [2.45, 2.75) is 26.4 Å². The third-order valence-electron chi connectivity index (χ3n) is 2.31. The lowest BCUT2D eigenvalue weighted by Crippen LogP contribution is -2.40. The molecule has 1 rings (SSSR count). The van der Waals surface area contributed by atoms with Gasteiger partial charge in [0.1, 0.15) is 6.17 Å². The first-order chi connectivity index (χ1) is 4.72. The summed E-state index contributed by atoms with van der Waals surface area (Å²) in [6.45, 7) is 5.75. The Morgan fingerprint density at radius 1 is 1.50 bits per heavy atom. The highest BCUT2D eigenvalue weighted by Crippen LogP contribution is 2.23. The van der Waals surface area contributed by atoms with Crippen LogP contribution in [0.25, 0.3) is 0 Å². The van der Waals surface area contributed by atoms with E-state index < -0.39 is 6.17 Å². The van der Waals surface area contributed by atoms with E-state index in [2.05, 4.69) is 19.2 Å². The van der Waals surface area contributed by atoms with E-state index in [1.54, 1.807) is 0 Å². The van der Waals surface area contributed by atoms with Gasteiger partial charge in [-0.3, -0.25) is 0 Å². The zero-order valence-electron chi connectivity index (χ0n) is 6.73. The second kappa shape index (κ2) is 3.33. The predicted octanol–water partition coefficient (Wildman–Crippen LogP) is 1.59. The van der Waals surface area contributed by atoms with Crippen LogP contribution in [0.3, 0.4) is 0 Å². The molecule has 1 nitrogen and oxygen atoms in total. The molecule has 60 valence electrons. The van der Waals surface area contributed by atoms with Crippen LogP contribution in [0.2, 0.25) is 0 Å². The summed E-state index contributed by atoms with van der Waals surface area (Å²) < 4.78 is 13.0. The van der Waals surface area contributed by atoms with Crippen LogP contribution in [-0.4, -0.2) is 19.3 Å². The minimum Gasteiger partial charge on any atom is -0.314 e. The number of hydrogen-bond acceptors (Lipinski definition) is 1. The van der Waals surface area contributed by atoms with Gasteiger partial charge in [-0.1, -0.05) is 13.8 Å². The fourth-order valence-corrected chi connectivity index (χ4v) is 1.59. The first kappa shape index (κ1) is 7.99. The highest BCUT2D eigenvalue weighted by Gasteiger charge is 2.26. The molecule has 1 heterocycles.